The average molecular weight is 382 g/mol. The van der Waals surface area contributed by atoms with Gasteiger partial charge in [-0.25, -0.2) is 4.98 Å². The van der Waals surface area contributed by atoms with E-state index in [0.29, 0.717) is 18.2 Å². The van der Waals surface area contributed by atoms with Gasteiger partial charge in [-0.1, -0.05) is 32.0 Å². The Labute approximate surface area is 163 Å². The highest BCUT2D eigenvalue weighted by Crippen LogP contribution is 2.21. The summed E-state index contributed by atoms with van der Waals surface area (Å²) in [5.74, 6) is 0.984. The molecular formula is C21H23N3O2S. The van der Waals surface area contributed by atoms with Crippen LogP contribution in [0.25, 0.3) is 10.7 Å². The maximum Gasteiger partial charge on any atom is 0.261 e. The number of ether oxygens (including phenoxy) is 1. The molecule has 140 valence electrons. The maximum atomic E-state index is 12.3. The number of rotatable bonds is 7. The zero-order valence-electron chi connectivity index (χ0n) is 15.7. The number of benzene rings is 1. The summed E-state index contributed by atoms with van der Waals surface area (Å²) in [6.45, 7) is 6.39. The number of amides is 1. The topological polar surface area (TPSA) is 64.1 Å². The van der Waals surface area contributed by atoms with Gasteiger partial charge in [0.2, 0.25) is 0 Å². The molecule has 0 saturated heterocycles. The number of hydrogen-bond acceptors (Lipinski definition) is 5. The molecule has 1 N–H and O–H groups in total. The molecule has 0 fully saturated rings. The molecule has 2 aromatic heterocycles. The molecule has 0 saturated carbocycles. The maximum absolute atomic E-state index is 12.3. The zero-order valence-corrected chi connectivity index (χ0v) is 16.5. The van der Waals surface area contributed by atoms with E-state index < -0.39 is 6.10 Å². The van der Waals surface area contributed by atoms with Gasteiger partial charge in [0.1, 0.15) is 10.8 Å². The lowest BCUT2D eigenvalue weighted by atomic mass is 10.0. The number of pyridine rings is 1. The molecule has 0 aliphatic heterocycles. The Balaban J connectivity index is 1.52. The van der Waals surface area contributed by atoms with E-state index >= 15 is 0 Å². The van der Waals surface area contributed by atoms with E-state index in [0.717, 1.165) is 16.4 Å². The molecule has 27 heavy (non-hydrogen) atoms. The van der Waals surface area contributed by atoms with Crippen molar-refractivity contribution in [3.63, 3.8) is 0 Å². The van der Waals surface area contributed by atoms with Gasteiger partial charge in [0.25, 0.3) is 5.91 Å². The largest absolute Gasteiger partial charge is 0.481 e. The minimum atomic E-state index is -0.580. The number of hydrogen-bond donors (Lipinski definition) is 1. The lowest BCUT2D eigenvalue weighted by Crippen LogP contribution is -2.35. The number of aromatic nitrogens is 2. The van der Waals surface area contributed by atoms with Crippen molar-refractivity contribution in [2.75, 3.05) is 0 Å². The van der Waals surface area contributed by atoms with Crippen LogP contribution in [0.15, 0.2) is 54.0 Å². The van der Waals surface area contributed by atoms with Gasteiger partial charge in [-0.2, -0.15) is 0 Å². The highest BCUT2D eigenvalue weighted by molar-refractivity contribution is 7.13. The van der Waals surface area contributed by atoms with Crippen LogP contribution in [-0.2, 0) is 11.3 Å². The summed E-state index contributed by atoms with van der Waals surface area (Å²) in [6, 6.07) is 13.6. The fourth-order valence-electron chi connectivity index (χ4n) is 2.51. The van der Waals surface area contributed by atoms with E-state index in [2.05, 4.69) is 29.1 Å². The van der Waals surface area contributed by atoms with Crippen molar-refractivity contribution < 1.29 is 9.53 Å². The highest BCUT2D eigenvalue weighted by atomic mass is 32.1. The SMILES string of the molecule is CC(Oc1ccc(C(C)C)cc1)C(=O)NCc1csc(-c2ccccn2)n1. The van der Waals surface area contributed by atoms with E-state index in [1.807, 2.05) is 47.8 Å². The van der Waals surface area contributed by atoms with Gasteiger partial charge >= 0.3 is 0 Å². The van der Waals surface area contributed by atoms with Crippen molar-refractivity contribution in [1.29, 1.82) is 0 Å². The summed E-state index contributed by atoms with van der Waals surface area (Å²) in [5, 5.41) is 5.65. The molecule has 3 rings (SSSR count). The van der Waals surface area contributed by atoms with Gasteiger partial charge in [0, 0.05) is 11.6 Å². The van der Waals surface area contributed by atoms with Crippen LogP contribution >= 0.6 is 11.3 Å². The molecule has 1 atom stereocenters. The second kappa shape index (κ2) is 8.77. The number of nitrogens with zero attached hydrogens (tertiary/aromatic N) is 2. The van der Waals surface area contributed by atoms with E-state index in [4.69, 9.17) is 4.74 Å². The minimum absolute atomic E-state index is 0.171. The van der Waals surface area contributed by atoms with Gasteiger partial charge in [-0.3, -0.25) is 9.78 Å². The molecule has 0 aliphatic carbocycles. The van der Waals surface area contributed by atoms with E-state index in [1.165, 1.54) is 16.9 Å². The first kappa shape index (κ1) is 19.0. The molecule has 5 nitrogen and oxygen atoms in total. The summed E-state index contributed by atoms with van der Waals surface area (Å²) >= 11 is 1.51. The van der Waals surface area contributed by atoms with Crippen LogP contribution in [0.2, 0.25) is 0 Å². The molecule has 1 unspecified atom stereocenters. The monoisotopic (exact) mass is 381 g/mol. The molecule has 0 radical (unpaired) electrons. The second-order valence-electron chi connectivity index (χ2n) is 6.56. The number of carbonyl (C=O) groups is 1. The van der Waals surface area contributed by atoms with Crippen LogP contribution in [0.1, 0.15) is 37.9 Å². The van der Waals surface area contributed by atoms with Crippen LogP contribution in [0, 0.1) is 0 Å². The Kier molecular flexibility index (Phi) is 6.19. The molecule has 1 amide bonds. The fourth-order valence-corrected chi connectivity index (χ4v) is 3.30. The highest BCUT2D eigenvalue weighted by Gasteiger charge is 2.15. The summed E-state index contributed by atoms with van der Waals surface area (Å²) in [5.41, 5.74) is 2.89. The summed E-state index contributed by atoms with van der Waals surface area (Å²) < 4.78 is 5.73. The van der Waals surface area contributed by atoms with Crippen LogP contribution in [0.5, 0.6) is 5.75 Å². The lowest BCUT2D eigenvalue weighted by molar-refractivity contribution is -0.127. The van der Waals surface area contributed by atoms with Gasteiger partial charge in [0.15, 0.2) is 6.10 Å². The normalized spacial score (nSPS) is 12.0. The summed E-state index contributed by atoms with van der Waals surface area (Å²) in [4.78, 5) is 21.1. The summed E-state index contributed by atoms with van der Waals surface area (Å²) in [6.07, 6.45) is 1.16. The first-order chi connectivity index (χ1) is 13.0. The average Bonchev–Trinajstić information content (AvgIpc) is 3.16. The van der Waals surface area contributed by atoms with Crippen LogP contribution in [0.3, 0.4) is 0 Å². The molecule has 0 aliphatic rings. The van der Waals surface area contributed by atoms with E-state index in [1.54, 1.807) is 13.1 Å². The number of nitrogens with one attached hydrogen (secondary N) is 1. The standard InChI is InChI=1S/C21H23N3O2S/c1-14(2)16-7-9-18(10-8-16)26-15(3)20(25)23-12-17-13-27-21(24-17)19-6-4-5-11-22-19/h4-11,13-15H,12H2,1-3H3,(H,23,25). The van der Waals surface area contributed by atoms with Crippen molar-refractivity contribution in [3.8, 4) is 16.5 Å². The number of carbonyl (C=O) groups excluding carboxylic acids is 1. The Morgan fingerprint density at radius 3 is 2.59 bits per heavy atom. The van der Waals surface area contributed by atoms with Gasteiger partial charge in [-0.15, -0.1) is 11.3 Å². The Bertz CT molecular complexity index is 876. The predicted molar refractivity (Wildman–Crippen MR) is 108 cm³/mol. The minimum Gasteiger partial charge on any atom is -0.481 e. The molecule has 0 bridgehead atoms. The van der Waals surface area contributed by atoms with E-state index in [-0.39, 0.29) is 5.91 Å². The third kappa shape index (κ3) is 5.14. The molecule has 2 heterocycles. The van der Waals surface area contributed by atoms with Crippen molar-refractivity contribution in [2.24, 2.45) is 0 Å². The molecular weight excluding hydrogens is 358 g/mol. The zero-order chi connectivity index (χ0) is 19.2. The third-order valence-corrected chi connectivity index (χ3v) is 5.02. The summed E-state index contributed by atoms with van der Waals surface area (Å²) in [7, 11) is 0. The third-order valence-electron chi connectivity index (χ3n) is 4.11. The molecule has 3 aromatic rings. The first-order valence-electron chi connectivity index (χ1n) is 8.93. The number of thiazole rings is 1. The van der Waals surface area contributed by atoms with Gasteiger partial charge in [-0.05, 0) is 42.7 Å². The van der Waals surface area contributed by atoms with Crippen LogP contribution < -0.4 is 10.1 Å². The van der Waals surface area contributed by atoms with Gasteiger partial charge < -0.3 is 10.1 Å². The predicted octanol–water partition coefficient (Wildman–Crippen LogP) is 4.41. The Hall–Kier alpha value is -2.73. The Morgan fingerprint density at radius 2 is 1.93 bits per heavy atom. The fraction of sp³-hybridized carbons (Fsp3) is 0.286. The van der Waals surface area contributed by atoms with Gasteiger partial charge in [0.05, 0.1) is 17.9 Å². The first-order valence-corrected chi connectivity index (χ1v) is 9.81. The van der Waals surface area contributed by atoms with Crippen molar-refractivity contribution in [3.05, 3.63) is 65.3 Å². The van der Waals surface area contributed by atoms with E-state index in [9.17, 15) is 4.79 Å². The van der Waals surface area contributed by atoms with Crippen molar-refractivity contribution >= 4 is 17.2 Å². The Morgan fingerprint density at radius 1 is 1.15 bits per heavy atom. The lowest BCUT2D eigenvalue weighted by Gasteiger charge is -2.15. The van der Waals surface area contributed by atoms with Crippen molar-refractivity contribution in [2.45, 2.75) is 39.3 Å². The molecule has 0 spiro atoms. The molecule has 6 heteroatoms. The van der Waals surface area contributed by atoms with Crippen molar-refractivity contribution in [1.82, 2.24) is 15.3 Å². The van der Waals surface area contributed by atoms with Crippen LogP contribution in [0.4, 0.5) is 0 Å². The quantitative estimate of drug-likeness (QED) is 0.658. The second-order valence-corrected chi connectivity index (χ2v) is 7.42. The molecule has 1 aromatic carbocycles. The van der Waals surface area contributed by atoms with Crippen LogP contribution in [-0.4, -0.2) is 22.0 Å². The smallest absolute Gasteiger partial charge is 0.261 e.